The summed E-state index contributed by atoms with van der Waals surface area (Å²) in [5, 5.41) is 0.464. The minimum atomic E-state index is -0.249. The summed E-state index contributed by atoms with van der Waals surface area (Å²) in [6.07, 6.45) is 4.71. The van der Waals surface area contributed by atoms with Crippen LogP contribution in [0.3, 0.4) is 0 Å². The zero-order chi connectivity index (χ0) is 17.3. The largest absolute Gasteiger partial charge is 0.398 e. The first-order valence-electron chi connectivity index (χ1n) is 8.70. The molecule has 1 amide bonds. The minimum absolute atomic E-state index is 0.166. The average Bonchev–Trinajstić information content (AvgIpc) is 3.08. The predicted molar refractivity (Wildman–Crippen MR) is 97.2 cm³/mol. The quantitative estimate of drug-likeness (QED) is 0.878. The lowest BCUT2D eigenvalue weighted by molar-refractivity contribution is 0.0791. The lowest BCUT2D eigenvalue weighted by Gasteiger charge is -2.18. The Bertz CT molecular complexity index is 817. The molecule has 0 atom stereocenters. The molecule has 1 aromatic carbocycles. The number of likely N-dealkylation sites (tertiary alicyclic amines) is 1. The van der Waals surface area contributed by atoms with Gasteiger partial charge in [0.2, 0.25) is 5.43 Å². The van der Waals surface area contributed by atoms with E-state index in [1.165, 1.54) is 0 Å². The summed E-state index contributed by atoms with van der Waals surface area (Å²) in [6, 6.07) is 5.48. The lowest BCUT2D eigenvalue weighted by Crippen LogP contribution is -2.32. The van der Waals surface area contributed by atoms with Gasteiger partial charge in [-0.05, 0) is 37.3 Å². The third-order valence-electron chi connectivity index (χ3n) is 4.71. The van der Waals surface area contributed by atoms with Crippen LogP contribution in [0.5, 0.6) is 0 Å². The Hall–Kier alpha value is -2.30. The second kappa shape index (κ2) is 6.67. The van der Waals surface area contributed by atoms with Gasteiger partial charge in [0.1, 0.15) is 5.56 Å². The number of aryl methyl sites for hydroxylation is 1. The molecule has 1 aliphatic heterocycles. The van der Waals surface area contributed by atoms with E-state index in [1.54, 1.807) is 17.2 Å². The van der Waals surface area contributed by atoms with Gasteiger partial charge >= 0.3 is 0 Å². The Morgan fingerprint density at radius 3 is 2.62 bits per heavy atom. The summed E-state index contributed by atoms with van der Waals surface area (Å²) in [4.78, 5) is 27.5. The van der Waals surface area contributed by atoms with Crippen molar-refractivity contribution in [3.8, 4) is 0 Å². The fraction of sp³-hybridized carbons (Fsp3) is 0.474. The number of fused-ring (bicyclic) bond motifs is 1. The van der Waals surface area contributed by atoms with Crippen molar-refractivity contribution in [1.29, 1.82) is 0 Å². The molecule has 0 spiro atoms. The maximum absolute atomic E-state index is 12.9. The van der Waals surface area contributed by atoms with E-state index in [4.69, 9.17) is 5.73 Å². The molecule has 1 aromatic heterocycles. The molecule has 0 saturated carbocycles. The molecule has 3 rings (SSSR count). The van der Waals surface area contributed by atoms with Gasteiger partial charge in [0.05, 0.1) is 10.9 Å². The van der Waals surface area contributed by atoms with Gasteiger partial charge < -0.3 is 15.2 Å². The highest BCUT2D eigenvalue weighted by molar-refractivity contribution is 6.00. The fourth-order valence-electron chi connectivity index (χ4n) is 3.29. The normalized spacial score (nSPS) is 14.7. The highest BCUT2D eigenvalue weighted by Gasteiger charge is 2.24. The number of amides is 1. The monoisotopic (exact) mass is 327 g/mol. The van der Waals surface area contributed by atoms with Crippen LogP contribution in [-0.4, -0.2) is 28.5 Å². The fourth-order valence-corrected chi connectivity index (χ4v) is 3.29. The topological polar surface area (TPSA) is 68.3 Å². The van der Waals surface area contributed by atoms with Crippen LogP contribution in [0.25, 0.3) is 10.9 Å². The van der Waals surface area contributed by atoms with Gasteiger partial charge in [-0.25, -0.2) is 0 Å². The van der Waals surface area contributed by atoms with Crippen molar-refractivity contribution in [2.24, 2.45) is 5.92 Å². The second-order valence-electron chi connectivity index (χ2n) is 6.99. The van der Waals surface area contributed by atoms with Crippen molar-refractivity contribution < 1.29 is 4.79 Å². The van der Waals surface area contributed by atoms with Crippen molar-refractivity contribution in [3.05, 3.63) is 40.2 Å². The second-order valence-corrected chi connectivity index (χ2v) is 6.99. The maximum atomic E-state index is 12.9. The van der Waals surface area contributed by atoms with Crippen molar-refractivity contribution in [2.45, 2.75) is 39.7 Å². The molecule has 24 heavy (non-hydrogen) atoms. The number of anilines is 1. The highest BCUT2D eigenvalue weighted by Crippen LogP contribution is 2.21. The zero-order valence-corrected chi connectivity index (χ0v) is 14.4. The number of benzene rings is 1. The number of rotatable bonds is 4. The standard InChI is InChI=1S/C19H25N3O2/c1-13(2)8-11-22-12-14(19(24)21-9-3-4-10-21)18(23)17-15(20)6-5-7-16(17)22/h5-7,12-13H,3-4,8-11,20H2,1-2H3. The number of carbonyl (C=O) groups excluding carboxylic acids is 1. The maximum Gasteiger partial charge on any atom is 0.259 e. The van der Waals surface area contributed by atoms with Crippen LogP contribution in [0.2, 0.25) is 0 Å². The Labute approximate surface area is 142 Å². The molecule has 5 heteroatoms. The summed E-state index contributed by atoms with van der Waals surface area (Å²) in [7, 11) is 0. The van der Waals surface area contributed by atoms with E-state index >= 15 is 0 Å². The Morgan fingerprint density at radius 2 is 1.96 bits per heavy atom. The number of aromatic nitrogens is 1. The van der Waals surface area contributed by atoms with E-state index in [-0.39, 0.29) is 16.9 Å². The van der Waals surface area contributed by atoms with E-state index in [0.717, 1.165) is 44.4 Å². The van der Waals surface area contributed by atoms with E-state index in [9.17, 15) is 9.59 Å². The summed E-state index contributed by atoms with van der Waals surface area (Å²) in [5.41, 5.74) is 7.30. The molecule has 128 valence electrons. The van der Waals surface area contributed by atoms with Crippen LogP contribution in [0.15, 0.2) is 29.2 Å². The Balaban J connectivity index is 2.15. The van der Waals surface area contributed by atoms with E-state index < -0.39 is 0 Å². The molecule has 0 aliphatic carbocycles. The lowest BCUT2D eigenvalue weighted by atomic mass is 10.1. The smallest absolute Gasteiger partial charge is 0.259 e. The predicted octanol–water partition coefficient (Wildman–Crippen LogP) is 2.87. The number of nitrogens with zero attached hydrogens (tertiary/aromatic N) is 2. The van der Waals surface area contributed by atoms with Crippen LogP contribution in [0, 0.1) is 5.92 Å². The van der Waals surface area contributed by atoms with Crippen molar-refractivity contribution in [1.82, 2.24) is 9.47 Å². The summed E-state index contributed by atoms with van der Waals surface area (Å²) in [5.74, 6) is 0.374. The molecule has 0 bridgehead atoms. The van der Waals surface area contributed by atoms with Gasteiger partial charge in [-0.15, -0.1) is 0 Å². The van der Waals surface area contributed by atoms with Crippen molar-refractivity contribution >= 4 is 22.5 Å². The number of hydrogen-bond acceptors (Lipinski definition) is 3. The molecule has 1 saturated heterocycles. The third kappa shape index (κ3) is 3.03. The van der Waals surface area contributed by atoms with Gasteiger partial charge in [-0.1, -0.05) is 19.9 Å². The highest BCUT2D eigenvalue weighted by atomic mass is 16.2. The van der Waals surface area contributed by atoms with Gasteiger partial charge in [0, 0.05) is 31.5 Å². The SMILES string of the molecule is CC(C)CCn1cc(C(=O)N2CCCC2)c(=O)c2c(N)cccc21. The number of pyridine rings is 1. The summed E-state index contributed by atoms with van der Waals surface area (Å²) >= 11 is 0. The van der Waals surface area contributed by atoms with Crippen molar-refractivity contribution in [3.63, 3.8) is 0 Å². The number of nitrogen functional groups attached to an aromatic ring is 1. The average molecular weight is 327 g/mol. The molecular weight excluding hydrogens is 302 g/mol. The van der Waals surface area contributed by atoms with Gasteiger partial charge in [0.25, 0.3) is 5.91 Å². The Kier molecular flexibility index (Phi) is 4.60. The van der Waals surface area contributed by atoms with Crippen LogP contribution in [0.4, 0.5) is 5.69 Å². The molecule has 0 unspecified atom stereocenters. The van der Waals surface area contributed by atoms with Gasteiger partial charge in [-0.2, -0.15) is 0 Å². The van der Waals surface area contributed by atoms with E-state index in [2.05, 4.69) is 13.8 Å². The molecule has 0 radical (unpaired) electrons. The minimum Gasteiger partial charge on any atom is -0.398 e. The van der Waals surface area contributed by atoms with Crippen LogP contribution >= 0.6 is 0 Å². The molecular formula is C19H25N3O2. The van der Waals surface area contributed by atoms with Crippen LogP contribution in [-0.2, 0) is 6.54 Å². The third-order valence-corrected chi connectivity index (χ3v) is 4.71. The summed E-state index contributed by atoms with van der Waals surface area (Å²) in [6.45, 7) is 6.54. The first kappa shape index (κ1) is 16.6. The zero-order valence-electron chi connectivity index (χ0n) is 14.4. The Morgan fingerprint density at radius 1 is 1.25 bits per heavy atom. The molecule has 2 heterocycles. The number of nitrogens with two attached hydrogens (primary N) is 1. The van der Waals surface area contributed by atoms with E-state index in [1.807, 2.05) is 16.7 Å². The molecule has 1 fully saturated rings. The number of hydrogen-bond donors (Lipinski definition) is 1. The molecule has 2 N–H and O–H groups in total. The van der Waals surface area contributed by atoms with E-state index in [0.29, 0.717) is 17.0 Å². The molecule has 1 aliphatic rings. The first-order chi connectivity index (χ1) is 11.5. The summed E-state index contributed by atoms with van der Waals surface area (Å²) < 4.78 is 2.01. The molecule has 2 aromatic rings. The van der Waals surface area contributed by atoms with Crippen molar-refractivity contribution in [2.75, 3.05) is 18.8 Å². The van der Waals surface area contributed by atoms with Crippen LogP contribution in [0.1, 0.15) is 43.5 Å². The molecule has 5 nitrogen and oxygen atoms in total. The van der Waals surface area contributed by atoms with Gasteiger partial charge in [-0.3, -0.25) is 9.59 Å². The van der Waals surface area contributed by atoms with Crippen LogP contribution < -0.4 is 11.2 Å². The van der Waals surface area contributed by atoms with Gasteiger partial charge in [0.15, 0.2) is 0 Å². The number of carbonyl (C=O) groups is 1. The first-order valence-corrected chi connectivity index (χ1v) is 8.70.